The van der Waals surface area contributed by atoms with Gasteiger partial charge in [0.05, 0.1) is 20.3 Å². The number of nitrogens with zero attached hydrogens (tertiary/aromatic N) is 1. The van der Waals surface area contributed by atoms with Gasteiger partial charge in [-0.3, -0.25) is 4.99 Å². The Kier molecular flexibility index (Phi) is 8.28. The number of hydrogen-bond donors (Lipinski definition) is 2. The Hall–Kier alpha value is -2.79. The number of ether oxygens (including phenoxy) is 2. The van der Waals surface area contributed by atoms with Gasteiger partial charge in [-0.15, -0.1) is 0 Å². The smallest absolute Gasteiger partial charge is 0.144 e. The van der Waals surface area contributed by atoms with Crippen LogP contribution in [0, 0.1) is 6.92 Å². The summed E-state index contributed by atoms with van der Waals surface area (Å²) in [7, 11) is 3.14. The Balaban J connectivity index is 0.00000341. The van der Waals surface area contributed by atoms with Crippen molar-refractivity contribution in [3.05, 3.63) is 89.0 Å². The van der Waals surface area contributed by atoms with Crippen LogP contribution in [0.1, 0.15) is 29.2 Å². The molecule has 0 aromatic heterocycles. The first-order valence-corrected chi connectivity index (χ1v) is 9.74. The summed E-state index contributed by atoms with van der Waals surface area (Å²) in [5.41, 5.74) is 0.973. The van der Waals surface area contributed by atoms with E-state index in [1.807, 2.05) is 62.4 Å². The first kappa shape index (κ1) is 24.5. The van der Waals surface area contributed by atoms with Crippen molar-refractivity contribution in [2.75, 3.05) is 14.2 Å². The van der Waals surface area contributed by atoms with Crippen LogP contribution in [0.5, 0.6) is 17.2 Å². The van der Waals surface area contributed by atoms with E-state index in [9.17, 15) is 10.2 Å². The van der Waals surface area contributed by atoms with Crippen molar-refractivity contribution in [3.8, 4) is 17.2 Å². The molecule has 0 amide bonds. The van der Waals surface area contributed by atoms with Crippen LogP contribution in [0.2, 0.25) is 0 Å². The number of aryl methyl sites for hydroxylation is 1. The number of benzene rings is 3. The number of rotatable bonds is 7. The quantitative estimate of drug-likeness (QED) is 0.396. The Labute approximate surface area is 193 Å². The molecule has 0 saturated heterocycles. The van der Waals surface area contributed by atoms with E-state index in [-0.39, 0.29) is 22.8 Å². The molecule has 6 heteroatoms. The molecule has 0 spiro atoms. The predicted molar refractivity (Wildman–Crippen MR) is 119 cm³/mol. The van der Waals surface area contributed by atoms with Crippen molar-refractivity contribution < 1.29 is 36.8 Å². The minimum absolute atomic E-state index is 0. The molecule has 0 unspecified atom stereocenters. The fraction of sp³-hybridized carbons (Fsp3) is 0.240. The molecule has 1 radical (unpaired) electrons. The van der Waals surface area contributed by atoms with Gasteiger partial charge in [-0.05, 0) is 37.6 Å². The van der Waals surface area contributed by atoms with Gasteiger partial charge < -0.3 is 19.7 Å². The van der Waals surface area contributed by atoms with Gasteiger partial charge in [0.15, 0.2) is 0 Å². The number of methoxy groups -OCH3 is 2. The van der Waals surface area contributed by atoms with E-state index in [1.54, 1.807) is 38.6 Å². The second-order valence-corrected chi connectivity index (χ2v) is 7.13. The molecule has 2 N–H and O–H groups in total. The maximum Gasteiger partial charge on any atom is 0.144 e. The largest absolute Gasteiger partial charge is 0.507 e. The maximum absolute atomic E-state index is 12.1. The second kappa shape index (κ2) is 10.5. The average molecular weight is 469 g/mol. The van der Waals surface area contributed by atoms with Crippen molar-refractivity contribution in [3.63, 3.8) is 0 Å². The molecule has 5 nitrogen and oxygen atoms in total. The summed E-state index contributed by atoms with van der Waals surface area (Å²) in [6.07, 6.45) is 1.59. The number of hydrogen-bond acceptors (Lipinski definition) is 5. The summed E-state index contributed by atoms with van der Waals surface area (Å²) in [4.78, 5) is 4.63. The van der Waals surface area contributed by atoms with Crippen LogP contribution >= 0.6 is 0 Å². The minimum Gasteiger partial charge on any atom is -0.507 e. The first-order chi connectivity index (χ1) is 14.4. The van der Waals surface area contributed by atoms with Crippen molar-refractivity contribution in [1.82, 2.24) is 0 Å². The molecule has 167 valence electrons. The van der Waals surface area contributed by atoms with Crippen LogP contribution in [-0.4, -0.2) is 36.7 Å². The Morgan fingerprint density at radius 2 is 1.39 bits per heavy atom. The van der Waals surface area contributed by atoms with Gasteiger partial charge in [-0.1, -0.05) is 48.5 Å². The van der Waals surface area contributed by atoms with Crippen LogP contribution in [0.15, 0.2) is 71.7 Å². The summed E-state index contributed by atoms with van der Waals surface area (Å²) in [6, 6.07) is 19.5. The van der Waals surface area contributed by atoms with Gasteiger partial charge in [0.2, 0.25) is 0 Å². The molecule has 0 aliphatic heterocycles. The molecule has 3 aromatic rings. The number of phenols is 1. The van der Waals surface area contributed by atoms with Gasteiger partial charge in [0.25, 0.3) is 0 Å². The molecule has 0 saturated carbocycles. The average Bonchev–Trinajstić information content (AvgIpc) is 2.79. The fourth-order valence-corrected chi connectivity index (χ4v) is 3.60. The Morgan fingerprint density at radius 1 is 0.871 bits per heavy atom. The van der Waals surface area contributed by atoms with Crippen LogP contribution in [0.4, 0.5) is 0 Å². The fourth-order valence-electron chi connectivity index (χ4n) is 3.60. The van der Waals surface area contributed by atoms with E-state index >= 15 is 0 Å². The minimum atomic E-state index is -1.53. The molecule has 3 rings (SSSR count). The van der Waals surface area contributed by atoms with Crippen molar-refractivity contribution in [2.24, 2.45) is 4.99 Å². The number of phenolic OH excluding ortho intramolecular Hbond substituents is 1. The third-order valence-corrected chi connectivity index (χ3v) is 5.35. The molecular weight excluding hydrogens is 442 g/mol. The molecule has 0 fully saturated rings. The predicted octanol–water partition coefficient (Wildman–Crippen LogP) is 4.46. The summed E-state index contributed by atoms with van der Waals surface area (Å²) in [6.45, 7) is 3.65. The number of para-hydroxylation sites is 3. The molecule has 3 aromatic carbocycles. The SMILES string of the molecule is COc1ccccc1C(O)(c1ccccc1OC)[C@@H](C)N=Cc1cccc(C)c1O.[Cu]. The van der Waals surface area contributed by atoms with Crippen molar-refractivity contribution in [2.45, 2.75) is 25.5 Å². The topological polar surface area (TPSA) is 71.3 Å². The summed E-state index contributed by atoms with van der Waals surface area (Å²) < 4.78 is 11.1. The van der Waals surface area contributed by atoms with Gasteiger partial charge >= 0.3 is 0 Å². The zero-order chi connectivity index (χ0) is 21.7. The van der Waals surface area contributed by atoms with Crippen molar-refractivity contribution in [1.29, 1.82) is 0 Å². The summed E-state index contributed by atoms with van der Waals surface area (Å²) in [5, 5.41) is 22.4. The Morgan fingerprint density at radius 3 is 1.90 bits per heavy atom. The van der Waals surface area contributed by atoms with E-state index in [1.165, 1.54) is 0 Å². The van der Waals surface area contributed by atoms with Crippen LogP contribution < -0.4 is 9.47 Å². The van der Waals surface area contributed by atoms with E-state index in [4.69, 9.17) is 9.47 Å². The van der Waals surface area contributed by atoms with Gasteiger partial charge in [-0.2, -0.15) is 0 Å². The van der Waals surface area contributed by atoms with Crippen LogP contribution in [0.25, 0.3) is 0 Å². The molecule has 1 atom stereocenters. The summed E-state index contributed by atoms with van der Waals surface area (Å²) in [5.74, 6) is 1.27. The maximum atomic E-state index is 12.1. The molecule has 0 heterocycles. The van der Waals surface area contributed by atoms with E-state index in [0.29, 0.717) is 28.2 Å². The normalized spacial score (nSPS) is 12.3. The molecule has 0 aliphatic rings. The summed E-state index contributed by atoms with van der Waals surface area (Å²) >= 11 is 0. The van der Waals surface area contributed by atoms with Crippen LogP contribution in [-0.2, 0) is 22.7 Å². The number of aliphatic imine (C=N–C) groups is 1. The van der Waals surface area contributed by atoms with Crippen molar-refractivity contribution >= 4 is 6.21 Å². The third kappa shape index (κ3) is 4.77. The van der Waals surface area contributed by atoms with E-state index < -0.39 is 11.6 Å². The zero-order valence-electron chi connectivity index (χ0n) is 18.0. The molecule has 31 heavy (non-hydrogen) atoms. The zero-order valence-corrected chi connectivity index (χ0v) is 18.9. The van der Waals surface area contributed by atoms with Gasteiger partial charge in [0, 0.05) is 40.0 Å². The van der Waals surface area contributed by atoms with Crippen LogP contribution in [0.3, 0.4) is 0 Å². The number of aliphatic hydroxyl groups is 1. The van der Waals surface area contributed by atoms with E-state index in [0.717, 1.165) is 5.56 Å². The number of aromatic hydroxyl groups is 1. The van der Waals surface area contributed by atoms with Gasteiger partial charge in [0.1, 0.15) is 22.8 Å². The third-order valence-electron chi connectivity index (χ3n) is 5.35. The molecule has 0 aliphatic carbocycles. The molecule has 0 bridgehead atoms. The first-order valence-electron chi connectivity index (χ1n) is 9.74. The van der Waals surface area contributed by atoms with Gasteiger partial charge in [-0.25, -0.2) is 0 Å². The van der Waals surface area contributed by atoms with E-state index in [2.05, 4.69) is 4.99 Å². The molecular formula is C25H27CuNO4. The Bertz CT molecular complexity index is 1000. The monoisotopic (exact) mass is 468 g/mol. The second-order valence-electron chi connectivity index (χ2n) is 7.13. The standard InChI is InChI=1S/C25H27NO4.Cu/c1-17-10-9-11-19(24(17)27)16-26-18(2)25(28,20-12-5-7-14-22(20)29-3)21-13-6-8-15-23(21)30-4;/h5-16,18,27-28H,1-4H3;/t18-;/m1./s1.